The molecule has 0 spiro atoms. The zero-order chi connectivity index (χ0) is 18.1. The first kappa shape index (κ1) is 17.3. The minimum Gasteiger partial charge on any atom is -0.423 e. The molecule has 0 aliphatic carbocycles. The van der Waals surface area contributed by atoms with Gasteiger partial charge in [-0.25, -0.2) is 13.1 Å². The summed E-state index contributed by atoms with van der Waals surface area (Å²) in [5.41, 5.74) is 1.53. The molecule has 0 bridgehead atoms. The van der Waals surface area contributed by atoms with Crippen LogP contribution in [0.1, 0.15) is 12.8 Å². The van der Waals surface area contributed by atoms with Gasteiger partial charge in [-0.05, 0) is 43.2 Å². The highest BCUT2D eigenvalue weighted by Crippen LogP contribution is 2.28. The topological polar surface area (TPSA) is 75.4 Å². The maximum atomic E-state index is 12.5. The van der Waals surface area contributed by atoms with Gasteiger partial charge >= 0.3 is 0 Å². The van der Waals surface area contributed by atoms with Crippen LogP contribution >= 0.6 is 11.6 Å². The Morgan fingerprint density at radius 2 is 2.08 bits per heavy atom. The minimum atomic E-state index is -3.61. The summed E-state index contributed by atoms with van der Waals surface area (Å²) in [5, 5.41) is 0.391. The van der Waals surface area contributed by atoms with Crippen LogP contribution in [0.3, 0.4) is 0 Å². The van der Waals surface area contributed by atoms with Crippen LogP contribution in [0.15, 0.2) is 57.8 Å². The maximum absolute atomic E-state index is 12.5. The summed E-state index contributed by atoms with van der Waals surface area (Å²) in [5.74, 6) is 0. The van der Waals surface area contributed by atoms with Gasteiger partial charge in [-0.3, -0.25) is 0 Å². The fourth-order valence-corrected chi connectivity index (χ4v) is 4.58. The van der Waals surface area contributed by atoms with Crippen LogP contribution in [0, 0.1) is 0 Å². The van der Waals surface area contributed by atoms with E-state index in [0.717, 1.165) is 30.5 Å². The van der Waals surface area contributed by atoms with Gasteiger partial charge < -0.3 is 9.32 Å². The Morgan fingerprint density at radius 3 is 2.88 bits per heavy atom. The summed E-state index contributed by atoms with van der Waals surface area (Å²) in [6.07, 6.45) is 1.83. The summed E-state index contributed by atoms with van der Waals surface area (Å²) in [6.45, 7) is 1.07. The highest BCUT2D eigenvalue weighted by Gasteiger charge is 2.29. The van der Waals surface area contributed by atoms with E-state index < -0.39 is 10.0 Å². The number of fused-ring (bicyclic) bond motifs is 1. The molecule has 1 atom stereocenters. The van der Waals surface area contributed by atoms with Crippen LogP contribution in [0.2, 0.25) is 5.02 Å². The van der Waals surface area contributed by atoms with Crippen molar-refractivity contribution in [1.82, 2.24) is 9.71 Å². The molecule has 0 saturated carbocycles. The van der Waals surface area contributed by atoms with E-state index in [-0.39, 0.29) is 17.5 Å². The van der Waals surface area contributed by atoms with Gasteiger partial charge in [-0.15, -0.1) is 0 Å². The Morgan fingerprint density at radius 1 is 1.23 bits per heavy atom. The molecule has 6 nitrogen and oxygen atoms in total. The van der Waals surface area contributed by atoms with Crippen molar-refractivity contribution in [2.75, 3.05) is 18.0 Å². The monoisotopic (exact) mass is 391 g/mol. The van der Waals surface area contributed by atoms with E-state index in [1.54, 1.807) is 12.1 Å². The number of hydrogen-bond donors (Lipinski definition) is 1. The van der Waals surface area contributed by atoms with Crippen LogP contribution in [-0.2, 0) is 10.0 Å². The molecule has 3 aromatic rings. The predicted molar refractivity (Wildman–Crippen MR) is 101 cm³/mol. The molecule has 136 valence electrons. The smallest absolute Gasteiger partial charge is 0.298 e. The average molecular weight is 392 g/mol. The molecule has 1 fully saturated rings. The molecule has 1 unspecified atom stereocenters. The number of hydrogen-bond acceptors (Lipinski definition) is 5. The number of halogens is 1. The lowest BCUT2D eigenvalue weighted by molar-refractivity contribution is 0.534. The standard InChI is InChI=1S/C18H18ClN3O3S/c19-13-5-3-7-15(11-13)26(23,24)20-12-14-6-4-10-22(14)18-21-16-8-1-2-9-17(16)25-18/h1-3,5,7-9,11,14,20H,4,6,10,12H2. The summed E-state index contributed by atoms with van der Waals surface area (Å²) in [6, 6.07) is 14.4. The molecule has 2 aromatic carbocycles. The Labute approximate surface area is 156 Å². The Kier molecular flexibility index (Phi) is 4.60. The van der Waals surface area contributed by atoms with Crippen LogP contribution < -0.4 is 9.62 Å². The van der Waals surface area contributed by atoms with Crippen LogP contribution in [-0.4, -0.2) is 32.5 Å². The largest absolute Gasteiger partial charge is 0.423 e. The van der Waals surface area contributed by atoms with Gasteiger partial charge in [0.25, 0.3) is 6.01 Å². The fraction of sp³-hybridized carbons (Fsp3) is 0.278. The third-order valence-corrected chi connectivity index (χ3v) is 6.18. The van der Waals surface area contributed by atoms with E-state index in [0.29, 0.717) is 11.0 Å². The molecule has 1 aliphatic rings. The van der Waals surface area contributed by atoms with Crippen LogP contribution in [0.25, 0.3) is 11.1 Å². The highest BCUT2D eigenvalue weighted by atomic mass is 35.5. The molecule has 8 heteroatoms. The number of benzene rings is 2. The van der Waals surface area contributed by atoms with Crippen molar-refractivity contribution < 1.29 is 12.8 Å². The summed E-state index contributed by atoms with van der Waals surface area (Å²) >= 11 is 5.90. The fourth-order valence-electron chi connectivity index (χ4n) is 3.21. The van der Waals surface area contributed by atoms with Crippen LogP contribution in [0.4, 0.5) is 6.01 Å². The second-order valence-electron chi connectivity index (χ2n) is 6.26. The summed E-state index contributed by atoms with van der Waals surface area (Å²) in [4.78, 5) is 6.72. The van der Waals surface area contributed by atoms with Gasteiger partial charge in [0.1, 0.15) is 5.52 Å². The van der Waals surface area contributed by atoms with Gasteiger partial charge in [0.15, 0.2) is 5.58 Å². The predicted octanol–water partition coefficient (Wildman–Crippen LogP) is 3.43. The van der Waals surface area contributed by atoms with E-state index in [9.17, 15) is 8.42 Å². The number of nitrogens with one attached hydrogen (secondary N) is 1. The maximum Gasteiger partial charge on any atom is 0.298 e. The number of para-hydroxylation sites is 2. The lowest BCUT2D eigenvalue weighted by atomic mass is 10.2. The van der Waals surface area contributed by atoms with Crippen molar-refractivity contribution in [3.8, 4) is 0 Å². The molecular weight excluding hydrogens is 374 g/mol. The summed E-state index contributed by atoms with van der Waals surface area (Å²) in [7, 11) is -3.61. The first-order valence-electron chi connectivity index (χ1n) is 8.40. The van der Waals surface area contributed by atoms with Crippen LogP contribution in [0.5, 0.6) is 0 Å². The first-order valence-corrected chi connectivity index (χ1v) is 10.3. The van der Waals surface area contributed by atoms with E-state index in [1.807, 2.05) is 29.2 Å². The number of nitrogens with zero attached hydrogens (tertiary/aromatic N) is 2. The van der Waals surface area contributed by atoms with Crippen molar-refractivity contribution >= 4 is 38.7 Å². The third-order valence-electron chi connectivity index (χ3n) is 4.52. The lowest BCUT2D eigenvalue weighted by Crippen LogP contribution is -2.40. The quantitative estimate of drug-likeness (QED) is 0.721. The lowest BCUT2D eigenvalue weighted by Gasteiger charge is -2.23. The zero-order valence-corrected chi connectivity index (χ0v) is 15.5. The van der Waals surface area contributed by atoms with E-state index in [4.69, 9.17) is 16.0 Å². The molecule has 4 rings (SSSR count). The number of aromatic nitrogens is 1. The van der Waals surface area contributed by atoms with Gasteiger partial charge in [0.05, 0.1) is 4.90 Å². The molecule has 26 heavy (non-hydrogen) atoms. The van der Waals surface area contributed by atoms with Gasteiger partial charge in [-0.2, -0.15) is 4.98 Å². The minimum absolute atomic E-state index is 0.00276. The van der Waals surface area contributed by atoms with E-state index in [2.05, 4.69) is 9.71 Å². The normalized spacial score (nSPS) is 17.9. The van der Waals surface area contributed by atoms with Gasteiger partial charge in [-0.1, -0.05) is 29.8 Å². The SMILES string of the molecule is O=S(=O)(NCC1CCCN1c1nc2ccccc2o1)c1cccc(Cl)c1. The highest BCUT2D eigenvalue weighted by molar-refractivity contribution is 7.89. The Bertz CT molecular complexity index is 1000. The molecule has 1 N–H and O–H groups in total. The first-order chi connectivity index (χ1) is 12.5. The number of anilines is 1. The molecule has 1 aromatic heterocycles. The average Bonchev–Trinajstić information content (AvgIpc) is 3.26. The molecular formula is C18H18ClN3O3S. The Balaban J connectivity index is 1.50. The number of oxazole rings is 1. The number of rotatable bonds is 5. The molecule has 1 aliphatic heterocycles. The van der Waals surface area contributed by atoms with Crippen molar-refractivity contribution in [3.05, 3.63) is 53.6 Å². The van der Waals surface area contributed by atoms with Gasteiger partial charge in [0.2, 0.25) is 10.0 Å². The number of sulfonamides is 1. The van der Waals surface area contributed by atoms with Crippen molar-refractivity contribution in [2.24, 2.45) is 0 Å². The van der Waals surface area contributed by atoms with Crippen molar-refractivity contribution in [1.29, 1.82) is 0 Å². The summed E-state index contributed by atoms with van der Waals surface area (Å²) < 4.78 is 33.5. The van der Waals surface area contributed by atoms with E-state index in [1.165, 1.54) is 12.1 Å². The second-order valence-corrected chi connectivity index (χ2v) is 8.47. The van der Waals surface area contributed by atoms with E-state index >= 15 is 0 Å². The molecule has 0 amide bonds. The van der Waals surface area contributed by atoms with Crippen molar-refractivity contribution in [2.45, 2.75) is 23.8 Å². The third kappa shape index (κ3) is 3.42. The molecule has 0 radical (unpaired) electrons. The Hall–Kier alpha value is -2.09. The zero-order valence-electron chi connectivity index (χ0n) is 13.9. The van der Waals surface area contributed by atoms with Gasteiger partial charge in [0, 0.05) is 24.2 Å². The second kappa shape index (κ2) is 6.90. The van der Waals surface area contributed by atoms with Crippen molar-refractivity contribution in [3.63, 3.8) is 0 Å². The molecule has 2 heterocycles. The molecule has 1 saturated heterocycles.